The molecule has 4 aromatic rings. The van der Waals surface area contributed by atoms with E-state index in [2.05, 4.69) is 45.3 Å². The Morgan fingerprint density at radius 2 is 2.00 bits per heavy atom. The van der Waals surface area contributed by atoms with E-state index in [4.69, 9.17) is 4.98 Å². The van der Waals surface area contributed by atoms with E-state index < -0.39 is 5.60 Å². The summed E-state index contributed by atoms with van der Waals surface area (Å²) in [6, 6.07) is 8.91. The van der Waals surface area contributed by atoms with Gasteiger partial charge in [0, 0.05) is 17.8 Å². The van der Waals surface area contributed by atoms with Gasteiger partial charge in [-0.15, -0.1) is 0 Å². The van der Waals surface area contributed by atoms with E-state index in [1.807, 2.05) is 17.0 Å². The van der Waals surface area contributed by atoms with Gasteiger partial charge in [-0.3, -0.25) is 0 Å². The number of hydrogen-bond acceptors (Lipinski definition) is 6. The minimum Gasteiger partial charge on any atom is -0.378 e. The van der Waals surface area contributed by atoms with Gasteiger partial charge < -0.3 is 15.0 Å². The maximum Gasteiger partial charge on any atom is 0.184 e. The molecule has 5 rings (SSSR count). The van der Waals surface area contributed by atoms with Crippen molar-refractivity contribution in [2.75, 3.05) is 5.32 Å². The summed E-state index contributed by atoms with van der Waals surface area (Å²) in [6.07, 6.45) is 10.0. The van der Waals surface area contributed by atoms with Gasteiger partial charge in [0.15, 0.2) is 10.8 Å². The summed E-state index contributed by atoms with van der Waals surface area (Å²) in [5, 5.41) is 14.5. The molecule has 1 aromatic carbocycles. The van der Waals surface area contributed by atoms with Gasteiger partial charge in [0.1, 0.15) is 11.1 Å². The Morgan fingerprint density at radius 3 is 2.81 bits per heavy atom. The van der Waals surface area contributed by atoms with E-state index in [1.54, 1.807) is 31.4 Å². The largest absolute Gasteiger partial charge is 0.378 e. The highest BCUT2D eigenvalue weighted by Gasteiger charge is 2.15. The van der Waals surface area contributed by atoms with Crippen LogP contribution in [0.15, 0.2) is 36.8 Å². The molecular weight excluding hydrogens is 418 g/mol. The van der Waals surface area contributed by atoms with E-state index in [0.717, 1.165) is 27.4 Å². The van der Waals surface area contributed by atoms with E-state index in [9.17, 15) is 5.11 Å². The fourth-order valence-corrected chi connectivity index (χ4v) is 5.11. The van der Waals surface area contributed by atoms with Crippen LogP contribution in [0.3, 0.4) is 0 Å². The molecule has 0 unspecified atom stereocenters. The number of aromatic nitrogens is 4. The molecular formula is C25H27N5OS. The van der Waals surface area contributed by atoms with E-state index >= 15 is 0 Å². The molecule has 0 aliphatic heterocycles. The van der Waals surface area contributed by atoms with Gasteiger partial charge in [-0.05, 0) is 50.5 Å². The molecule has 0 spiro atoms. The van der Waals surface area contributed by atoms with Crippen LogP contribution in [0.25, 0.3) is 21.4 Å². The highest BCUT2D eigenvalue weighted by atomic mass is 32.1. The van der Waals surface area contributed by atoms with Crippen LogP contribution in [0.5, 0.6) is 0 Å². The second-order valence-corrected chi connectivity index (χ2v) is 10.1. The van der Waals surface area contributed by atoms with Gasteiger partial charge in [0.2, 0.25) is 0 Å². The van der Waals surface area contributed by atoms with Gasteiger partial charge in [0.25, 0.3) is 0 Å². The van der Waals surface area contributed by atoms with Crippen molar-refractivity contribution in [1.82, 2.24) is 19.5 Å². The third-order valence-corrected chi connectivity index (χ3v) is 6.66. The zero-order chi connectivity index (χ0) is 22.1. The van der Waals surface area contributed by atoms with E-state index in [-0.39, 0.29) is 0 Å². The monoisotopic (exact) mass is 445 g/mol. The zero-order valence-electron chi connectivity index (χ0n) is 18.4. The van der Waals surface area contributed by atoms with Crippen molar-refractivity contribution >= 4 is 37.8 Å². The molecule has 1 aliphatic rings. The van der Waals surface area contributed by atoms with Crippen LogP contribution in [0, 0.1) is 11.8 Å². The average molecular weight is 446 g/mol. The smallest absolute Gasteiger partial charge is 0.184 e. The summed E-state index contributed by atoms with van der Waals surface area (Å²) < 4.78 is 3.24. The quantitative estimate of drug-likeness (QED) is 0.435. The lowest BCUT2D eigenvalue weighted by molar-refractivity contribution is 0.143. The number of anilines is 1. The fraction of sp³-hybridized carbons (Fsp3) is 0.400. The summed E-state index contributed by atoms with van der Waals surface area (Å²) in [4.78, 5) is 13.9. The molecule has 164 valence electrons. The second-order valence-electron chi connectivity index (χ2n) is 9.05. The minimum absolute atomic E-state index is 0.560. The standard InChI is InChI=1S/C25H27N5OS/c1-25(2,31)11-10-17-12-21-23(26-14-17)30(16-27-21)15-18-8-9-20-22(13-18)32-24(29-20)28-19-6-4-3-5-7-19/h8-9,12-14,16,19,31H,3-7,15H2,1-2H3,(H,28,29). The Balaban J connectivity index is 1.34. The summed E-state index contributed by atoms with van der Waals surface area (Å²) in [5.41, 5.74) is 3.57. The van der Waals surface area contributed by atoms with Crippen molar-refractivity contribution in [3.63, 3.8) is 0 Å². The molecule has 32 heavy (non-hydrogen) atoms. The number of nitrogens with one attached hydrogen (secondary N) is 1. The Morgan fingerprint density at radius 1 is 1.16 bits per heavy atom. The lowest BCUT2D eigenvalue weighted by atomic mass is 9.96. The Bertz CT molecular complexity index is 1320. The van der Waals surface area contributed by atoms with Gasteiger partial charge in [-0.25, -0.2) is 15.0 Å². The molecule has 1 saturated carbocycles. The third-order valence-electron chi connectivity index (χ3n) is 5.71. The summed E-state index contributed by atoms with van der Waals surface area (Å²) in [7, 11) is 0. The normalized spacial score (nSPS) is 15.1. The Kier molecular flexibility index (Phi) is 5.58. The van der Waals surface area contributed by atoms with Crippen LogP contribution in [-0.2, 0) is 6.54 Å². The predicted molar refractivity (Wildman–Crippen MR) is 130 cm³/mol. The van der Waals surface area contributed by atoms with Crippen LogP contribution in [0.4, 0.5) is 5.13 Å². The number of thiazole rings is 1. The molecule has 0 atom stereocenters. The molecule has 7 heteroatoms. The SMILES string of the molecule is CC(C)(O)C#Cc1cnc2c(c1)ncn2Cc1ccc2nc(NC3CCCCC3)sc2c1. The minimum atomic E-state index is -1.03. The first-order chi connectivity index (χ1) is 15.4. The topological polar surface area (TPSA) is 75.9 Å². The first kappa shape index (κ1) is 20.9. The molecule has 0 bridgehead atoms. The molecule has 2 N–H and O–H groups in total. The van der Waals surface area contributed by atoms with Crippen LogP contribution >= 0.6 is 11.3 Å². The third kappa shape index (κ3) is 4.77. The predicted octanol–water partition coefficient (Wildman–Crippen LogP) is 4.96. The maximum absolute atomic E-state index is 9.80. The molecule has 0 radical (unpaired) electrons. The zero-order valence-corrected chi connectivity index (χ0v) is 19.2. The van der Waals surface area contributed by atoms with Crippen molar-refractivity contribution in [3.8, 4) is 11.8 Å². The first-order valence-electron chi connectivity index (χ1n) is 11.2. The van der Waals surface area contributed by atoms with Crippen LogP contribution in [0.2, 0.25) is 0 Å². The Hall–Kier alpha value is -2.95. The fourth-order valence-electron chi connectivity index (χ4n) is 4.11. The first-order valence-corrected chi connectivity index (χ1v) is 12.0. The number of hydrogen-bond donors (Lipinski definition) is 2. The number of fused-ring (bicyclic) bond motifs is 2. The van der Waals surface area contributed by atoms with Crippen LogP contribution < -0.4 is 5.32 Å². The molecule has 0 saturated heterocycles. The van der Waals surface area contributed by atoms with Gasteiger partial charge >= 0.3 is 0 Å². The molecule has 0 amide bonds. The molecule has 1 fully saturated rings. The van der Waals surface area contributed by atoms with Crippen molar-refractivity contribution in [3.05, 3.63) is 47.9 Å². The van der Waals surface area contributed by atoms with E-state index in [1.165, 1.54) is 42.4 Å². The number of imidazole rings is 1. The number of rotatable bonds is 4. The summed E-state index contributed by atoms with van der Waals surface area (Å²) >= 11 is 1.73. The highest BCUT2D eigenvalue weighted by Crippen LogP contribution is 2.30. The van der Waals surface area contributed by atoms with Crippen LogP contribution in [0.1, 0.15) is 57.1 Å². The number of nitrogens with zero attached hydrogens (tertiary/aromatic N) is 4. The van der Waals surface area contributed by atoms with Crippen molar-refractivity contribution in [2.24, 2.45) is 0 Å². The lowest BCUT2D eigenvalue weighted by Crippen LogP contribution is -2.21. The number of benzene rings is 1. The second kappa shape index (κ2) is 8.53. The van der Waals surface area contributed by atoms with Crippen molar-refractivity contribution in [2.45, 2.75) is 64.1 Å². The van der Waals surface area contributed by atoms with Gasteiger partial charge in [-0.1, -0.05) is 48.5 Å². The summed E-state index contributed by atoms with van der Waals surface area (Å²) in [6.45, 7) is 4.02. The molecule has 1 aliphatic carbocycles. The average Bonchev–Trinajstić information content (AvgIpc) is 3.35. The van der Waals surface area contributed by atoms with Gasteiger partial charge in [0.05, 0.1) is 23.1 Å². The lowest BCUT2D eigenvalue weighted by Gasteiger charge is -2.22. The number of pyridine rings is 1. The van der Waals surface area contributed by atoms with E-state index in [0.29, 0.717) is 12.6 Å². The molecule has 6 nitrogen and oxygen atoms in total. The van der Waals surface area contributed by atoms with Crippen LogP contribution in [-0.4, -0.2) is 36.3 Å². The highest BCUT2D eigenvalue weighted by molar-refractivity contribution is 7.22. The number of aliphatic hydroxyl groups is 1. The van der Waals surface area contributed by atoms with Crippen molar-refractivity contribution in [1.29, 1.82) is 0 Å². The van der Waals surface area contributed by atoms with Crippen molar-refractivity contribution < 1.29 is 5.11 Å². The Labute approximate surface area is 191 Å². The maximum atomic E-state index is 9.80. The van der Waals surface area contributed by atoms with Gasteiger partial charge in [-0.2, -0.15) is 0 Å². The molecule has 3 aromatic heterocycles. The summed E-state index contributed by atoms with van der Waals surface area (Å²) in [5.74, 6) is 5.78. The molecule has 3 heterocycles.